The van der Waals surface area contributed by atoms with Crippen molar-refractivity contribution in [2.75, 3.05) is 23.3 Å². The predicted molar refractivity (Wildman–Crippen MR) is 120 cm³/mol. The summed E-state index contributed by atoms with van der Waals surface area (Å²) in [6.07, 6.45) is 0.385. The summed E-state index contributed by atoms with van der Waals surface area (Å²) in [7, 11) is -3.75. The van der Waals surface area contributed by atoms with E-state index in [1.54, 1.807) is 4.90 Å². The van der Waals surface area contributed by atoms with E-state index in [-0.39, 0.29) is 17.5 Å². The van der Waals surface area contributed by atoms with Gasteiger partial charge in [0.05, 0.1) is 4.90 Å². The number of urea groups is 1. The van der Waals surface area contributed by atoms with Gasteiger partial charge < -0.3 is 5.32 Å². The fraction of sp³-hybridized carbons (Fsp3) is 0.174. The van der Waals surface area contributed by atoms with Crippen LogP contribution < -0.4 is 14.9 Å². The van der Waals surface area contributed by atoms with E-state index in [0.29, 0.717) is 24.3 Å². The van der Waals surface area contributed by atoms with Crippen molar-refractivity contribution in [2.45, 2.75) is 18.2 Å². The molecular formula is C23H24FN3O3S. The molecule has 0 aliphatic heterocycles. The largest absolute Gasteiger partial charge is 0.326 e. The van der Waals surface area contributed by atoms with E-state index in [4.69, 9.17) is 0 Å². The summed E-state index contributed by atoms with van der Waals surface area (Å²) in [4.78, 5) is 14.5. The Morgan fingerprint density at radius 1 is 0.935 bits per heavy atom. The van der Waals surface area contributed by atoms with Gasteiger partial charge in [0.2, 0.25) is 10.0 Å². The van der Waals surface area contributed by atoms with Gasteiger partial charge in [-0.3, -0.25) is 4.90 Å². The smallest absolute Gasteiger partial charge is 0.307 e. The number of nitrogens with zero attached hydrogens (tertiary/aromatic N) is 1. The lowest BCUT2D eigenvalue weighted by Gasteiger charge is -2.24. The molecule has 0 bridgehead atoms. The third-order valence-corrected chi connectivity index (χ3v) is 6.15. The minimum Gasteiger partial charge on any atom is -0.307 e. The van der Waals surface area contributed by atoms with Gasteiger partial charge in [0, 0.05) is 24.5 Å². The highest BCUT2D eigenvalue weighted by atomic mass is 32.2. The van der Waals surface area contributed by atoms with Gasteiger partial charge in [0.25, 0.3) is 0 Å². The molecule has 31 heavy (non-hydrogen) atoms. The number of hydrogen-bond donors (Lipinski definition) is 2. The van der Waals surface area contributed by atoms with Crippen molar-refractivity contribution in [3.63, 3.8) is 0 Å². The first-order chi connectivity index (χ1) is 14.9. The Morgan fingerprint density at radius 3 is 2.26 bits per heavy atom. The fourth-order valence-electron chi connectivity index (χ4n) is 2.99. The van der Waals surface area contributed by atoms with Crippen LogP contribution in [0.5, 0.6) is 0 Å². The van der Waals surface area contributed by atoms with Gasteiger partial charge in [-0.05, 0) is 61.4 Å². The van der Waals surface area contributed by atoms with Crippen LogP contribution in [0.1, 0.15) is 12.0 Å². The molecule has 162 valence electrons. The molecule has 6 nitrogen and oxygen atoms in total. The van der Waals surface area contributed by atoms with Crippen molar-refractivity contribution in [3.05, 3.63) is 90.2 Å². The highest BCUT2D eigenvalue weighted by Crippen LogP contribution is 2.18. The second kappa shape index (κ2) is 10.2. The molecule has 0 heterocycles. The molecule has 0 aromatic heterocycles. The lowest BCUT2D eigenvalue weighted by atomic mass is 10.2. The highest BCUT2D eigenvalue weighted by Gasteiger charge is 2.18. The number of hydrogen-bond acceptors (Lipinski definition) is 3. The van der Waals surface area contributed by atoms with Gasteiger partial charge in [0.1, 0.15) is 5.82 Å². The molecule has 8 heteroatoms. The minimum absolute atomic E-state index is 0.00823. The number of benzene rings is 3. The van der Waals surface area contributed by atoms with E-state index in [2.05, 4.69) is 10.0 Å². The van der Waals surface area contributed by atoms with E-state index >= 15 is 0 Å². The van der Waals surface area contributed by atoms with E-state index in [1.165, 1.54) is 12.1 Å². The first kappa shape index (κ1) is 22.5. The number of anilines is 2. The number of rotatable bonds is 8. The number of para-hydroxylation sites is 2. The summed E-state index contributed by atoms with van der Waals surface area (Å²) in [5.74, 6) is -0.503. The Morgan fingerprint density at radius 2 is 1.58 bits per heavy atom. The molecule has 3 aromatic carbocycles. The van der Waals surface area contributed by atoms with Crippen molar-refractivity contribution in [2.24, 2.45) is 0 Å². The Balaban J connectivity index is 1.65. The Kier molecular flexibility index (Phi) is 7.38. The zero-order chi connectivity index (χ0) is 22.3. The van der Waals surface area contributed by atoms with Gasteiger partial charge in [-0.15, -0.1) is 0 Å². The molecule has 2 N–H and O–H groups in total. The number of amides is 2. The summed E-state index contributed by atoms with van der Waals surface area (Å²) in [5.41, 5.74) is 2.36. The maximum Gasteiger partial charge on any atom is 0.326 e. The number of sulfonamides is 1. The second-order valence-corrected chi connectivity index (χ2v) is 8.70. The molecule has 0 aliphatic carbocycles. The summed E-state index contributed by atoms with van der Waals surface area (Å²) < 4.78 is 40.2. The summed E-state index contributed by atoms with van der Waals surface area (Å²) >= 11 is 0. The fourth-order valence-corrected chi connectivity index (χ4v) is 4.07. The molecule has 3 rings (SSSR count). The number of aryl methyl sites for hydroxylation is 1. The molecule has 0 atom stereocenters. The van der Waals surface area contributed by atoms with Crippen LogP contribution in [0.4, 0.5) is 20.6 Å². The lowest BCUT2D eigenvalue weighted by Crippen LogP contribution is -2.37. The monoisotopic (exact) mass is 441 g/mol. The third-order valence-electron chi connectivity index (χ3n) is 4.67. The van der Waals surface area contributed by atoms with Gasteiger partial charge in [-0.2, -0.15) is 0 Å². The van der Waals surface area contributed by atoms with Crippen molar-refractivity contribution in [1.82, 2.24) is 4.72 Å². The molecule has 0 saturated heterocycles. The van der Waals surface area contributed by atoms with E-state index in [0.717, 1.165) is 17.7 Å². The molecule has 3 aromatic rings. The topological polar surface area (TPSA) is 78.5 Å². The van der Waals surface area contributed by atoms with Crippen LogP contribution in [-0.2, 0) is 10.0 Å². The number of carbonyl (C=O) groups is 1. The maximum absolute atomic E-state index is 13.0. The van der Waals surface area contributed by atoms with Gasteiger partial charge in [0.15, 0.2) is 0 Å². The van der Waals surface area contributed by atoms with Crippen LogP contribution in [0, 0.1) is 12.7 Å². The van der Waals surface area contributed by atoms with Crippen LogP contribution in [-0.4, -0.2) is 27.5 Å². The summed E-state index contributed by atoms with van der Waals surface area (Å²) in [6, 6.07) is 21.0. The molecule has 2 amide bonds. The normalized spacial score (nSPS) is 11.2. The van der Waals surface area contributed by atoms with Crippen LogP contribution in [0.3, 0.4) is 0 Å². The maximum atomic E-state index is 13.0. The summed E-state index contributed by atoms with van der Waals surface area (Å²) in [6.45, 7) is 2.33. The van der Waals surface area contributed by atoms with Crippen LogP contribution in [0.15, 0.2) is 83.8 Å². The highest BCUT2D eigenvalue weighted by molar-refractivity contribution is 7.89. The second-order valence-electron chi connectivity index (χ2n) is 6.94. The molecule has 0 saturated carbocycles. The van der Waals surface area contributed by atoms with Crippen LogP contribution in [0.25, 0.3) is 0 Å². The number of carbonyl (C=O) groups excluding carboxylic acids is 1. The predicted octanol–water partition coefficient (Wildman–Crippen LogP) is 4.54. The zero-order valence-corrected chi connectivity index (χ0v) is 17.9. The van der Waals surface area contributed by atoms with E-state index in [9.17, 15) is 17.6 Å². The molecular weight excluding hydrogens is 417 g/mol. The lowest BCUT2D eigenvalue weighted by molar-refractivity contribution is 0.257. The number of nitrogens with one attached hydrogen (secondary N) is 2. The number of halogens is 1. The quantitative estimate of drug-likeness (QED) is 0.504. The van der Waals surface area contributed by atoms with E-state index in [1.807, 2.05) is 61.5 Å². The van der Waals surface area contributed by atoms with Crippen molar-refractivity contribution in [3.8, 4) is 0 Å². The van der Waals surface area contributed by atoms with Crippen molar-refractivity contribution in [1.29, 1.82) is 0 Å². The van der Waals surface area contributed by atoms with Gasteiger partial charge in [-0.1, -0.05) is 36.4 Å². The first-order valence-electron chi connectivity index (χ1n) is 9.81. The standard InChI is InChI=1S/C23H24FN3O3S/c1-18-8-5-6-11-22(18)26-23(28)27(20-9-3-2-4-10-20)17-7-16-25-31(29,30)21-14-12-19(24)13-15-21/h2-6,8-15,25H,7,16-17H2,1H3,(H,26,28). The SMILES string of the molecule is Cc1ccccc1NC(=O)N(CCCNS(=O)(=O)c1ccc(F)cc1)c1ccccc1. The Hall–Kier alpha value is -3.23. The van der Waals surface area contributed by atoms with Gasteiger partial charge in [-0.25, -0.2) is 22.3 Å². The van der Waals surface area contributed by atoms with Crippen molar-refractivity contribution >= 4 is 27.4 Å². The Labute approximate surface area is 181 Å². The van der Waals surface area contributed by atoms with Crippen LogP contribution in [0.2, 0.25) is 0 Å². The van der Waals surface area contributed by atoms with Crippen LogP contribution >= 0.6 is 0 Å². The molecule has 0 unspecified atom stereocenters. The average Bonchev–Trinajstić information content (AvgIpc) is 2.76. The molecule has 0 radical (unpaired) electrons. The first-order valence-corrected chi connectivity index (χ1v) is 11.3. The molecule has 0 spiro atoms. The average molecular weight is 442 g/mol. The summed E-state index contributed by atoms with van der Waals surface area (Å²) in [5, 5.41) is 2.91. The third kappa shape index (κ3) is 6.13. The molecule has 0 fully saturated rings. The Bertz CT molecular complexity index is 1120. The zero-order valence-electron chi connectivity index (χ0n) is 17.1. The van der Waals surface area contributed by atoms with E-state index < -0.39 is 15.8 Å². The van der Waals surface area contributed by atoms with Crippen molar-refractivity contribution < 1.29 is 17.6 Å². The molecule has 0 aliphatic rings. The van der Waals surface area contributed by atoms with Gasteiger partial charge >= 0.3 is 6.03 Å². The minimum atomic E-state index is -3.75.